The predicted octanol–water partition coefficient (Wildman–Crippen LogP) is 1.02. The second-order valence-electron chi connectivity index (χ2n) is 5.38. The quantitative estimate of drug-likeness (QED) is 0.508. The first kappa shape index (κ1) is 16.9. The van der Waals surface area contributed by atoms with Gasteiger partial charge in [0, 0.05) is 30.9 Å². The Kier molecular flexibility index (Phi) is 5.23. The van der Waals surface area contributed by atoms with Crippen molar-refractivity contribution < 1.29 is 19.9 Å². The predicted molar refractivity (Wildman–Crippen MR) is 77.7 cm³/mol. The molecule has 0 saturated heterocycles. The molecule has 3 N–H and O–H groups in total. The van der Waals surface area contributed by atoms with Crippen LogP contribution in [0.2, 0.25) is 0 Å². The molecule has 0 radical (unpaired) electrons. The lowest BCUT2D eigenvalue weighted by molar-refractivity contribution is -0.384. The van der Waals surface area contributed by atoms with E-state index in [1.54, 1.807) is 11.8 Å². The third-order valence-corrected chi connectivity index (χ3v) is 2.76. The van der Waals surface area contributed by atoms with Crippen LogP contribution in [0.1, 0.15) is 17.3 Å². The topological polar surface area (TPSA) is 116 Å². The minimum atomic E-state index is -1.27. The van der Waals surface area contributed by atoms with Crippen molar-refractivity contribution in [2.45, 2.75) is 12.5 Å². The van der Waals surface area contributed by atoms with Crippen LogP contribution in [0.4, 0.5) is 11.4 Å². The highest BCUT2D eigenvalue weighted by atomic mass is 16.6. The van der Waals surface area contributed by atoms with E-state index in [0.717, 1.165) is 6.07 Å². The van der Waals surface area contributed by atoms with Gasteiger partial charge in [-0.15, -0.1) is 0 Å². The molecule has 1 unspecified atom stereocenters. The second kappa shape index (κ2) is 6.51. The van der Waals surface area contributed by atoms with Crippen LogP contribution in [-0.2, 0) is 0 Å². The zero-order valence-electron chi connectivity index (χ0n) is 12.2. The number of aromatic carboxylic acids is 1. The summed E-state index contributed by atoms with van der Waals surface area (Å²) in [6.07, 6.45) is 0. The molecule has 8 nitrogen and oxygen atoms in total. The van der Waals surface area contributed by atoms with E-state index in [2.05, 4.69) is 5.32 Å². The number of carbonyl (C=O) groups is 1. The van der Waals surface area contributed by atoms with Gasteiger partial charge in [0.25, 0.3) is 5.69 Å². The van der Waals surface area contributed by atoms with Gasteiger partial charge in [0.05, 0.1) is 16.1 Å². The molecule has 0 bridgehead atoms. The summed E-state index contributed by atoms with van der Waals surface area (Å²) in [6, 6.07) is 3.54. The smallest absolute Gasteiger partial charge is 0.338 e. The molecule has 0 aliphatic rings. The van der Waals surface area contributed by atoms with Crippen molar-refractivity contribution >= 4 is 17.3 Å². The number of nitrogens with one attached hydrogen (secondary N) is 1. The molecule has 8 heteroatoms. The number of nitrogens with zero attached hydrogens (tertiary/aromatic N) is 2. The first-order valence-corrected chi connectivity index (χ1v) is 6.25. The number of nitro groups is 1. The molecule has 1 aromatic carbocycles. The van der Waals surface area contributed by atoms with Gasteiger partial charge in [0.2, 0.25) is 0 Å². The summed E-state index contributed by atoms with van der Waals surface area (Å²) in [6.45, 7) is 2.12. The molecule has 0 aliphatic heterocycles. The summed E-state index contributed by atoms with van der Waals surface area (Å²) in [4.78, 5) is 23.0. The number of hydrogen-bond acceptors (Lipinski definition) is 6. The molecule has 0 amide bonds. The summed E-state index contributed by atoms with van der Waals surface area (Å²) < 4.78 is 0. The molecular weight excluding hydrogens is 278 g/mol. The molecule has 0 fully saturated rings. The minimum Gasteiger partial charge on any atom is -0.478 e. The average molecular weight is 297 g/mol. The highest BCUT2D eigenvalue weighted by Crippen LogP contribution is 2.23. The number of carboxylic acid groups (broad SMARTS) is 1. The fraction of sp³-hybridized carbons (Fsp3) is 0.462. The van der Waals surface area contributed by atoms with Gasteiger partial charge in [-0.2, -0.15) is 0 Å². The van der Waals surface area contributed by atoms with Crippen LogP contribution >= 0.6 is 0 Å². The van der Waals surface area contributed by atoms with Crippen LogP contribution < -0.4 is 5.32 Å². The monoisotopic (exact) mass is 297 g/mol. The number of aliphatic hydroxyl groups is 1. The van der Waals surface area contributed by atoms with Crippen molar-refractivity contribution in [1.82, 2.24) is 4.90 Å². The highest BCUT2D eigenvalue weighted by molar-refractivity contribution is 5.95. The molecule has 0 aromatic heterocycles. The lowest BCUT2D eigenvalue weighted by Crippen LogP contribution is -2.43. The first-order chi connectivity index (χ1) is 9.62. The second-order valence-corrected chi connectivity index (χ2v) is 5.38. The van der Waals surface area contributed by atoms with Gasteiger partial charge >= 0.3 is 5.97 Å². The SMILES string of the molecule is CN(C)CC(C)(O)CNc1ccc([N+](=O)[O-])cc1C(=O)O. The van der Waals surface area contributed by atoms with Crippen LogP contribution in [0.5, 0.6) is 0 Å². The van der Waals surface area contributed by atoms with Crippen molar-refractivity contribution in [1.29, 1.82) is 0 Å². The zero-order chi connectivity index (χ0) is 16.2. The normalized spacial score (nSPS) is 13.8. The number of rotatable bonds is 7. The highest BCUT2D eigenvalue weighted by Gasteiger charge is 2.23. The molecule has 1 rings (SSSR count). The van der Waals surface area contributed by atoms with Gasteiger partial charge in [-0.25, -0.2) is 4.79 Å². The molecular formula is C13H19N3O5. The first-order valence-electron chi connectivity index (χ1n) is 6.25. The fourth-order valence-corrected chi connectivity index (χ4v) is 2.00. The molecule has 1 atom stereocenters. The molecule has 0 heterocycles. The number of hydrogen-bond donors (Lipinski definition) is 3. The van der Waals surface area contributed by atoms with Crippen LogP contribution in [0.15, 0.2) is 18.2 Å². The minimum absolute atomic E-state index is 0.114. The molecule has 0 aliphatic carbocycles. The van der Waals surface area contributed by atoms with Gasteiger partial charge < -0.3 is 20.4 Å². The summed E-state index contributed by atoms with van der Waals surface area (Å²) in [5, 5.41) is 32.8. The third kappa shape index (κ3) is 5.01. The summed E-state index contributed by atoms with van der Waals surface area (Å²) in [5.74, 6) is -1.27. The lowest BCUT2D eigenvalue weighted by Gasteiger charge is -2.27. The van der Waals surface area contributed by atoms with Gasteiger partial charge in [0.15, 0.2) is 0 Å². The Bertz CT molecular complexity index is 543. The van der Waals surface area contributed by atoms with Gasteiger partial charge in [-0.05, 0) is 27.1 Å². The van der Waals surface area contributed by atoms with E-state index in [1.165, 1.54) is 12.1 Å². The molecule has 1 aromatic rings. The maximum absolute atomic E-state index is 11.2. The Balaban J connectivity index is 2.93. The van der Waals surface area contributed by atoms with Crippen molar-refractivity contribution in [2.75, 3.05) is 32.5 Å². The Hall–Kier alpha value is -2.19. The van der Waals surface area contributed by atoms with Crippen molar-refractivity contribution in [3.63, 3.8) is 0 Å². The summed E-state index contributed by atoms with van der Waals surface area (Å²) in [7, 11) is 3.62. The van der Waals surface area contributed by atoms with Crippen molar-refractivity contribution in [2.24, 2.45) is 0 Å². The Morgan fingerprint density at radius 3 is 2.57 bits per heavy atom. The third-order valence-electron chi connectivity index (χ3n) is 2.76. The number of benzene rings is 1. The van der Waals surface area contributed by atoms with E-state index >= 15 is 0 Å². The van der Waals surface area contributed by atoms with E-state index in [4.69, 9.17) is 5.11 Å². The van der Waals surface area contributed by atoms with Gasteiger partial charge in [-0.1, -0.05) is 0 Å². The number of carboxylic acids is 1. The number of non-ortho nitro benzene ring substituents is 1. The van der Waals surface area contributed by atoms with Crippen LogP contribution in [0.3, 0.4) is 0 Å². The van der Waals surface area contributed by atoms with Gasteiger partial charge in [0.1, 0.15) is 0 Å². The van der Waals surface area contributed by atoms with E-state index in [9.17, 15) is 20.0 Å². The van der Waals surface area contributed by atoms with Crippen LogP contribution in [0, 0.1) is 10.1 Å². The number of likely N-dealkylation sites (N-methyl/N-ethyl adjacent to an activating group) is 1. The number of nitro benzene ring substituents is 1. The fourth-order valence-electron chi connectivity index (χ4n) is 2.00. The maximum atomic E-state index is 11.2. The molecule has 116 valence electrons. The van der Waals surface area contributed by atoms with E-state index in [0.29, 0.717) is 6.54 Å². The Morgan fingerprint density at radius 2 is 2.10 bits per heavy atom. The Labute approximate surface area is 122 Å². The molecule has 0 saturated carbocycles. The average Bonchev–Trinajstić information content (AvgIpc) is 2.34. The van der Waals surface area contributed by atoms with Crippen molar-refractivity contribution in [3.8, 4) is 0 Å². The van der Waals surface area contributed by atoms with E-state index in [-0.39, 0.29) is 23.5 Å². The standard InChI is InChI=1S/C13H19N3O5/c1-13(19,8-15(2)3)7-14-11-5-4-9(16(20)21)6-10(11)12(17)18/h4-6,14,19H,7-8H2,1-3H3,(H,17,18). The molecule has 21 heavy (non-hydrogen) atoms. The van der Waals surface area contributed by atoms with Crippen LogP contribution in [-0.4, -0.2) is 58.8 Å². The largest absolute Gasteiger partial charge is 0.478 e. The zero-order valence-corrected chi connectivity index (χ0v) is 12.2. The van der Waals surface area contributed by atoms with Gasteiger partial charge in [-0.3, -0.25) is 10.1 Å². The Morgan fingerprint density at radius 1 is 1.48 bits per heavy atom. The lowest BCUT2D eigenvalue weighted by atomic mass is 10.1. The molecule has 0 spiro atoms. The van der Waals surface area contributed by atoms with E-state index in [1.807, 2.05) is 14.1 Å². The van der Waals surface area contributed by atoms with Crippen LogP contribution in [0.25, 0.3) is 0 Å². The van der Waals surface area contributed by atoms with E-state index < -0.39 is 16.5 Å². The maximum Gasteiger partial charge on any atom is 0.338 e. The number of anilines is 1. The summed E-state index contributed by atoms with van der Waals surface area (Å²) in [5.41, 5.74) is -1.34. The van der Waals surface area contributed by atoms with Crippen molar-refractivity contribution in [3.05, 3.63) is 33.9 Å². The summed E-state index contributed by atoms with van der Waals surface area (Å²) >= 11 is 0.